The van der Waals surface area contributed by atoms with E-state index in [1.165, 1.54) is 6.07 Å². The summed E-state index contributed by atoms with van der Waals surface area (Å²) in [6.45, 7) is 0. The summed E-state index contributed by atoms with van der Waals surface area (Å²) in [6, 6.07) is 15.5. The van der Waals surface area contributed by atoms with E-state index >= 15 is 0 Å². The molecule has 0 N–H and O–H groups in total. The predicted octanol–water partition coefficient (Wildman–Crippen LogP) is 6.21. The molecule has 3 aromatic rings. The van der Waals surface area contributed by atoms with Gasteiger partial charge in [-0.3, -0.25) is 0 Å². The molecular formula is C17H10BrClF2. The van der Waals surface area contributed by atoms with Crippen molar-refractivity contribution in [3.63, 3.8) is 0 Å². The lowest BCUT2D eigenvalue weighted by Crippen LogP contribution is -1.95. The molecule has 0 nitrogen and oxygen atoms in total. The topological polar surface area (TPSA) is 0 Å². The van der Waals surface area contributed by atoms with Crippen LogP contribution in [0, 0.1) is 11.6 Å². The summed E-state index contributed by atoms with van der Waals surface area (Å²) >= 11 is 9.82. The third kappa shape index (κ3) is 2.94. The Morgan fingerprint density at radius 1 is 0.762 bits per heavy atom. The molecule has 0 bridgehead atoms. The van der Waals surface area contributed by atoms with Crippen molar-refractivity contribution in [1.82, 2.24) is 0 Å². The average molecular weight is 368 g/mol. The first-order chi connectivity index (χ1) is 10.0. The van der Waals surface area contributed by atoms with E-state index in [2.05, 4.69) is 15.9 Å². The Labute approximate surface area is 134 Å². The van der Waals surface area contributed by atoms with Crippen LogP contribution in [0.1, 0.15) is 16.5 Å². The molecule has 1 unspecified atom stereocenters. The van der Waals surface area contributed by atoms with E-state index in [1.807, 2.05) is 36.4 Å². The molecule has 0 spiro atoms. The Morgan fingerprint density at radius 3 is 2.14 bits per heavy atom. The minimum Gasteiger partial charge on any atom is -0.204 e. The number of alkyl halides is 1. The van der Waals surface area contributed by atoms with Gasteiger partial charge in [0.1, 0.15) is 0 Å². The highest BCUT2D eigenvalue weighted by Gasteiger charge is 2.13. The van der Waals surface area contributed by atoms with Crippen LogP contribution in [0.15, 0.2) is 59.1 Å². The Kier molecular flexibility index (Phi) is 3.96. The number of hydrogen-bond donors (Lipinski definition) is 0. The number of fused-ring (bicyclic) bond motifs is 1. The number of halogens is 4. The van der Waals surface area contributed by atoms with Gasteiger partial charge in [0, 0.05) is 4.47 Å². The lowest BCUT2D eigenvalue weighted by Gasteiger charge is -2.12. The molecule has 0 aliphatic carbocycles. The van der Waals surface area contributed by atoms with Crippen LogP contribution in [0.4, 0.5) is 8.78 Å². The minimum atomic E-state index is -0.886. The molecule has 21 heavy (non-hydrogen) atoms. The molecule has 0 aromatic heterocycles. The highest BCUT2D eigenvalue weighted by molar-refractivity contribution is 9.10. The zero-order valence-corrected chi connectivity index (χ0v) is 13.1. The zero-order valence-electron chi connectivity index (χ0n) is 10.8. The lowest BCUT2D eigenvalue weighted by molar-refractivity contribution is 0.507. The molecule has 0 saturated heterocycles. The molecule has 0 saturated carbocycles. The summed E-state index contributed by atoms with van der Waals surface area (Å²) in [4.78, 5) is 0. The van der Waals surface area contributed by atoms with Gasteiger partial charge in [-0.15, -0.1) is 11.6 Å². The highest BCUT2D eigenvalue weighted by atomic mass is 79.9. The Bertz CT molecular complexity index is 817. The third-order valence-electron chi connectivity index (χ3n) is 3.36. The fraction of sp³-hybridized carbons (Fsp3) is 0.0588. The molecule has 1 atom stereocenters. The van der Waals surface area contributed by atoms with E-state index in [1.54, 1.807) is 0 Å². The average Bonchev–Trinajstić information content (AvgIpc) is 2.49. The first kappa shape index (κ1) is 14.5. The van der Waals surface area contributed by atoms with E-state index in [0.717, 1.165) is 32.9 Å². The van der Waals surface area contributed by atoms with Crippen LogP contribution in [0.25, 0.3) is 10.8 Å². The summed E-state index contributed by atoms with van der Waals surface area (Å²) in [5.74, 6) is -1.76. The van der Waals surface area contributed by atoms with Crippen LogP contribution in [0.2, 0.25) is 0 Å². The van der Waals surface area contributed by atoms with Gasteiger partial charge in [-0.2, -0.15) is 0 Å². The predicted molar refractivity (Wildman–Crippen MR) is 85.7 cm³/mol. The van der Waals surface area contributed by atoms with Gasteiger partial charge in [-0.25, -0.2) is 8.78 Å². The maximum Gasteiger partial charge on any atom is 0.159 e. The summed E-state index contributed by atoms with van der Waals surface area (Å²) in [7, 11) is 0. The fourth-order valence-electron chi connectivity index (χ4n) is 2.26. The third-order valence-corrected chi connectivity index (χ3v) is 4.35. The smallest absolute Gasteiger partial charge is 0.159 e. The molecule has 4 heteroatoms. The van der Waals surface area contributed by atoms with Gasteiger partial charge >= 0.3 is 0 Å². The molecule has 0 aliphatic rings. The molecule has 3 rings (SSSR count). The van der Waals surface area contributed by atoms with E-state index in [9.17, 15) is 8.78 Å². The maximum absolute atomic E-state index is 13.3. The van der Waals surface area contributed by atoms with Crippen molar-refractivity contribution in [3.05, 3.63) is 81.8 Å². The van der Waals surface area contributed by atoms with Crippen molar-refractivity contribution in [2.75, 3.05) is 0 Å². The first-order valence-electron chi connectivity index (χ1n) is 6.33. The van der Waals surface area contributed by atoms with Crippen molar-refractivity contribution < 1.29 is 8.78 Å². The van der Waals surface area contributed by atoms with Gasteiger partial charge in [0.05, 0.1) is 5.38 Å². The molecule has 0 radical (unpaired) electrons. The second-order valence-corrected chi connectivity index (χ2v) is 6.14. The number of benzene rings is 3. The monoisotopic (exact) mass is 366 g/mol. The normalized spacial score (nSPS) is 12.6. The van der Waals surface area contributed by atoms with Gasteiger partial charge < -0.3 is 0 Å². The SMILES string of the molecule is Fc1ccc(C(Cl)c2ccc3cc(Br)ccc3c2)cc1F. The summed E-state index contributed by atoms with van der Waals surface area (Å²) in [5, 5.41) is 1.61. The minimum absolute atomic E-state index is 0.520. The molecule has 3 aromatic carbocycles. The highest BCUT2D eigenvalue weighted by Crippen LogP contribution is 2.32. The van der Waals surface area contributed by atoms with Gasteiger partial charge in [-0.05, 0) is 52.2 Å². The summed E-state index contributed by atoms with van der Waals surface area (Å²) in [5.41, 5.74) is 1.38. The zero-order chi connectivity index (χ0) is 15.0. The molecule has 0 fully saturated rings. The first-order valence-corrected chi connectivity index (χ1v) is 7.56. The van der Waals surface area contributed by atoms with E-state index in [0.29, 0.717) is 5.56 Å². The van der Waals surface area contributed by atoms with Crippen LogP contribution in [-0.2, 0) is 0 Å². The van der Waals surface area contributed by atoms with Gasteiger partial charge in [0.2, 0.25) is 0 Å². The van der Waals surface area contributed by atoms with Crippen LogP contribution in [0.5, 0.6) is 0 Å². The van der Waals surface area contributed by atoms with E-state index < -0.39 is 17.0 Å². The van der Waals surface area contributed by atoms with Crippen LogP contribution < -0.4 is 0 Å². The Hall–Kier alpha value is -1.45. The van der Waals surface area contributed by atoms with Crippen molar-refractivity contribution in [2.45, 2.75) is 5.38 Å². The molecule has 0 heterocycles. The van der Waals surface area contributed by atoms with Gasteiger partial charge in [0.25, 0.3) is 0 Å². The standard InChI is InChI=1S/C17H10BrClF2/c18-14-5-3-10-7-12(2-1-11(10)8-14)17(19)13-4-6-15(20)16(21)9-13/h1-9,17H. The Morgan fingerprint density at radius 2 is 1.38 bits per heavy atom. The number of hydrogen-bond acceptors (Lipinski definition) is 0. The van der Waals surface area contributed by atoms with Crippen molar-refractivity contribution in [2.24, 2.45) is 0 Å². The molecule has 0 amide bonds. The second-order valence-electron chi connectivity index (χ2n) is 4.79. The quantitative estimate of drug-likeness (QED) is 0.472. The lowest BCUT2D eigenvalue weighted by atomic mass is 10.0. The molecular weight excluding hydrogens is 358 g/mol. The van der Waals surface area contributed by atoms with Gasteiger partial charge in [-0.1, -0.05) is 40.2 Å². The van der Waals surface area contributed by atoms with Crippen LogP contribution >= 0.6 is 27.5 Å². The van der Waals surface area contributed by atoms with Crippen molar-refractivity contribution in [3.8, 4) is 0 Å². The molecule has 106 valence electrons. The van der Waals surface area contributed by atoms with Crippen LogP contribution in [0.3, 0.4) is 0 Å². The van der Waals surface area contributed by atoms with Crippen molar-refractivity contribution in [1.29, 1.82) is 0 Å². The van der Waals surface area contributed by atoms with E-state index in [-0.39, 0.29) is 0 Å². The fourth-order valence-corrected chi connectivity index (χ4v) is 2.91. The number of rotatable bonds is 2. The van der Waals surface area contributed by atoms with Gasteiger partial charge in [0.15, 0.2) is 11.6 Å². The molecule has 0 aliphatic heterocycles. The van der Waals surface area contributed by atoms with E-state index in [4.69, 9.17) is 11.6 Å². The second kappa shape index (κ2) is 5.74. The largest absolute Gasteiger partial charge is 0.204 e. The summed E-state index contributed by atoms with van der Waals surface area (Å²) in [6.07, 6.45) is 0. The maximum atomic E-state index is 13.3. The Balaban J connectivity index is 2.02. The van der Waals surface area contributed by atoms with Crippen molar-refractivity contribution >= 4 is 38.3 Å². The van der Waals surface area contributed by atoms with Crippen LogP contribution in [-0.4, -0.2) is 0 Å². The summed E-state index contributed by atoms with van der Waals surface area (Å²) < 4.78 is 27.3.